The molecular formula is C13H22N6O2. The highest BCUT2D eigenvalue weighted by Crippen LogP contribution is 2.38. The first kappa shape index (κ1) is 14.2. The Bertz CT molecular complexity index is 526. The SMILES string of the molecule is CO[C@@H](C)C1COc2c(nc(N)nc2N2CC[C@@H](N)C2)N1. The number of fused-ring (bicyclic) bond motifs is 1. The molecule has 21 heavy (non-hydrogen) atoms. The Hall–Kier alpha value is -1.80. The monoisotopic (exact) mass is 294 g/mol. The number of hydrogen-bond acceptors (Lipinski definition) is 8. The van der Waals surface area contributed by atoms with Gasteiger partial charge in [0.2, 0.25) is 11.7 Å². The van der Waals surface area contributed by atoms with Crippen molar-refractivity contribution in [3.05, 3.63) is 0 Å². The highest BCUT2D eigenvalue weighted by molar-refractivity contribution is 5.69. The predicted octanol–water partition coefficient (Wildman–Crippen LogP) is -0.196. The van der Waals surface area contributed by atoms with Gasteiger partial charge in [0, 0.05) is 26.2 Å². The van der Waals surface area contributed by atoms with E-state index >= 15 is 0 Å². The Morgan fingerprint density at radius 2 is 2.29 bits per heavy atom. The van der Waals surface area contributed by atoms with Crippen LogP contribution in [0.3, 0.4) is 0 Å². The van der Waals surface area contributed by atoms with Gasteiger partial charge in [-0.25, -0.2) is 0 Å². The van der Waals surface area contributed by atoms with Gasteiger partial charge in [0.25, 0.3) is 0 Å². The predicted molar refractivity (Wildman–Crippen MR) is 80.6 cm³/mol. The van der Waals surface area contributed by atoms with Crippen molar-refractivity contribution in [3.8, 4) is 5.75 Å². The maximum atomic E-state index is 5.97. The van der Waals surface area contributed by atoms with E-state index in [9.17, 15) is 0 Å². The standard InChI is InChI=1S/C13H22N6O2/c1-7(20-2)9-6-21-10-11(16-9)17-13(15)18-12(10)19-4-3-8(14)5-19/h7-9H,3-6,14H2,1-2H3,(H3,15,16,17,18)/t7-,8+,9?/m0/s1. The molecule has 1 saturated heterocycles. The van der Waals surface area contributed by atoms with Crippen LogP contribution in [-0.4, -0.2) is 55.0 Å². The zero-order chi connectivity index (χ0) is 15.0. The highest BCUT2D eigenvalue weighted by Gasteiger charge is 2.31. The zero-order valence-corrected chi connectivity index (χ0v) is 12.4. The number of nitrogens with two attached hydrogens (primary N) is 2. The van der Waals surface area contributed by atoms with E-state index in [0.29, 0.717) is 18.2 Å². The fourth-order valence-electron chi connectivity index (χ4n) is 2.69. The van der Waals surface area contributed by atoms with E-state index in [4.69, 9.17) is 20.9 Å². The lowest BCUT2D eigenvalue weighted by atomic mass is 10.1. The van der Waals surface area contributed by atoms with Gasteiger partial charge < -0.3 is 31.2 Å². The van der Waals surface area contributed by atoms with Crippen LogP contribution in [0.4, 0.5) is 17.6 Å². The van der Waals surface area contributed by atoms with E-state index in [-0.39, 0.29) is 24.1 Å². The summed E-state index contributed by atoms with van der Waals surface area (Å²) < 4.78 is 11.2. The maximum Gasteiger partial charge on any atom is 0.224 e. The van der Waals surface area contributed by atoms with E-state index in [1.54, 1.807) is 7.11 Å². The number of anilines is 3. The number of nitrogen functional groups attached to an aromatic ring is 1. The second-order valence-electron chi connectivity index (χ2n) is 5.58. The number of methoxy groups -OCH3 is 1. The van der Waals surface area contributed by atoms with Gasteiger partial charge in [0.15, 0.2) is 11.6 Å². The maximum absolute atomic E-state index is 5.97. The Balaban J connectivity index is 1.89. The molecule has 0 spiro atoms. The summed E-state index contributed by atoms with van der Waals surface area (Å²) in [7, 11) is 1.67. The minimum Gasteiger partial charge on any atom is -0.484 e. The van der Waals surface area contributed by atoms with Crippen LogP contribution in [0.2, 0.25) is 0 Å². The molecule has 0 aromatic carbocycles. The largest absolute Gasteiger partial charge is 0.484 e. The van der Waals surface area contributed by atoms with E-state index in [1.807, 2.05) is 6.92 Å². The van der Waals surface area contributed by atoms with Gasteiger partial charge in [-0.05, 0) is 13.3 Å². The second kappa shape index (κ2) is 5.53. The van der Waals surface area contributed by atoms with Crippen LogP contribution in [0.1, 0.15) is 13.3 Å². The van der Waals surface area contributed by atoms with Gasteiger partial charge in [-0.3, -0.25) is 0 Å². The van der Waals surface area contributed by atoms with Crippen molar-refractivity contribution in [2.45, 2.75) is 31.5 Å². The normalized spacial score (nSPS) is 26.0. The number of nitrogens with one attached hydrogen (secondary N) is 1. The highest BCUT2D eigenvalue weighted by atomic mass is 16.5. The van der Waals surface area contributed by atoms with E-state index in [0.717, 1.165) is 25.3 Å². The molecule has 5 N–H and O–H groups in total. The van der Waals surface area contributed by atoms with Crippen LogP contribution >= 0.6 is 0 Å². The summed E-state index contributed by atoms with van der Waals surface area (Å²) in [6, 6.07) is 0.195. The molecule has 1 aromatic heterocycles. The quantitative estimate of drug-likeness (QED) is 0.703. The molecule has 2 aliphatic heterocycles. The van der Waals surface area contributed by atoms with Gasteiger partial charge in [-0.1, -0.05) is 0 Å². The summed E-state index contributed by atoms with van der Waals surface area (Å²) >= 11 is 0. The third-order valence-electron chi connectivity index (χ3n) is 4.06. The fraction of sp³-hybridized carbons (Fsp3) is 0.692. The molecule has 8 heteroatoms. The van der Waals surface area contributed by atoms with E-state index < -0.39 is 0 Å². The van der Waals surface area contributed by atoms with Crippen LogP contribution in [0, 0.1) is 0 Å². The van der Waals surface area contributed by atoms with Crippen LogP contribution < -0.4 is 26.4 Å². The molecule has 2 aliphatic rings. The molecule has 3 atom stereocenters. The molecule has 0 aliphatic carbocycles. The molecular weight excluding hydrogens is 272 g/mol. The number of rotatable bonds is 3. The second-order valence-corrected chi connectivity index (χ2v) is 5.58. The Kier molecular flexibility index (Phi) is 3.73. The molecule has 8 nitrogen and oxygen atoms in total. The van der Waals surface area contributed by atoms with Gasteiger partial charge in [-0.2, -0.15) is 9.97 Å². The Morgan fingerprint density at radius 3 is 2.95 bits per heavy atom. The minimum absolute atomic E-state index is 0.0120. The fourth-order valence-corrected chi connectivity index (χ4v) is 2.69. The lowest BCUT2D eigenvalue weighted by Gasteiger charge is -2.32. The molecule has 0 saturated carbocycles. The third kappa shape index (κ3) is 2.68. The molecule has 116 valence electrons. The minimum atomic E-state index is 0.0120. The first-order valence-corrected chi connectivity index (χ1v) is 7.18. The molecule has 0 radical (unpaired) electrons. The molecule has 1 unspecified atom stereocenters. The van der Waals surface area contributed by atoms with Crippen LogP contribution in [0.15, 0.2) is 0 Å². The first-order valence-electron chi connectivity index (χ1n) is 7.18. The third-order valence-corrected chi connectivity index (χ3v) is 4.06. The average Bonchev–Trinajstić information content (AvgIpc) is 2.91. The average molecular weight is 294 g/mol. The summed E-state index contributed by atoms with van der Waals surface area (Å²) in [5.74, 6) is 2.23. The van der Waals surface area contributed by atoms with Crippen molar-refractivity contribution < 1.29 is 9.47 Å². The zero-order valence-electron chi connectivity index (χ0n) is 12.4. The van der Waals surface area contributed by atoms with Gasteiger partial charge in [-0.15, -0.1) is 0 Å². The number of hydrogen-bond donors (Lipinski definition) is 3. The van der Waals surface area contributed by atoms with Gasteiger partial charge in [0.1, 0.15) is 6.61 Å². The first-order chi connectivity index (χ1) is 10.1. The molecule has 3 heterocycles. The van der Waals surface area contributed by atoms with Crippen LogP contribution in [0.25, 0.3) is 0 Å². The van der Waals surface area contributed by atoms with Crippen molar-refractivity contribution >= 4 is 17.6 Å². The summed E-state index contributed by atoms with van der Waals surface area (Å²) in [5, 5.41) is 3.32. The van der Waals surface area contributed by atoms with Crippen LogP contribution in [-0.2, 0) is 4.74 Å². The number of ether oxygens (including phenoxy) is 2. The molecule has 1 aromatic rings. The molecule has 1 fully saturated rings. The molecule has 0 bridgehead atoms. The summed E-state index contributed by atoms with van der Waals surface area (Å²) in [6.07, 6.45) is 0.952. The van der Waals surface area contributed by atoms with Crippen molar-refractivity contribution in [2.24, 2.45) is 5.73 Å². The van der Waals surface area contributed by atoms with Crippen molar-refractivity contribution in [1.29, 1.82) is 0 Å². The smallest absolute Gasteiger partial charge is 0.224 e. The summed E-state index contributed by atoms with van der Waals surface area (Å²) in [4.78, 5) is 10.7. The van der Waals surface area contributed by atoms with Crippen LogP contribution in [0.5, 0.6) is 5.75 Å². The van der Waals surface area contributed by atoms with E-state index in [2.05, 4.69) is 20.2 Å². The van der Waals surface area contributed by atoms with Gasteiger partial charge in [0.05, 0.1) is 12.1 Å². The Morgan fingerprint density at radius 1 is 1.48 bits per heavy atom. The number of nitrogens with zero attached hydrogens (tertiary/aromatic N) is 3. The van der Waals surface area contributed by atoms with E-state index in [1.165, 1.54) is 0 Å². The Labute approximate surface area is 123 Å². The topological polar surface area (TPSA) is 112 Å². The summed E-state index contributed by atoms with van der Waals surface area (Å²) in [5.41, 5.74) is 11.8. The van der Waals surface area contributed by atoms with Gasteiger partial charge >= 0.3 is 0 Å². The van der Waals surface area contributed by atoms with Crippen molar-refractivity contribution in [3.63, 3.8) is 0 Å². The van der Waals surface area contributed by atoms with Crippen molar-refractivity contribution in [2.75, 3.05) is 42.8 Å². The lowest BCUT2D eigenvalue weighted by Crippen LogP contribution is -2.42. The summed E-state index contributed by atoms with van der Waals surface area (Å²) in [6.45, 7) is 4.09. The number of aromatic nitrogens is 2. The molecule has 0 amide bonds. The molecule has 3 rings (SSSR count). The lowest BCUT2D eigenvalue weighted by molar-refractivity contribution is 0.0804. The van der Waals surface area contributed by atoms with Crippen molar-refractivity contribution in [1.82, 2.24) is 9.97 Å².